The SMILES string of the molecule is CS(=O)(=O)c1ccc(Cl)c(C(=O)N2CCCC(c3nnc4ccccn34)C2)c1. The largest absolute Gasteiger partial charge is 0.338 e. The zero-order chi connectivity index (χ0) is 19.9. The molecule has 146 valence electrons. The van der Waals surface area contributed by atoms with Gasteiger partial charge in [0.05, 0.1) is 15.5 Å². The zero-order valence-electron chi connectivity index (χ0n) is 15.2. The van der Waals surface area contributed by atoms with E-state index in [1.54, 1.807) is 4.90 Å². The molecule has 28 heavy (non-hydrogen) atoms. The summed E-state index contributed by atoms with van der Waals surface area (Å²) in [5, 5.41) is 8.76. The molecule has 3 heterocycles. The molecule has 9 heteroatoms. The molecule has 0 saturated carbocycles. The first-order chi connectivity index (χ1) is 13.3. The number of sulfone groups is 1. The highest BCUT2D eigenvalue weighted by atomic mass is 35.5. The van der Waals surface area contributed by atoms with Gasteiger partial charge in [0, 0.05) is 31.5 Å². The standard InChI is InChI=1S/C19H19ClN4O3S/c1-28(26,27)14-7-8-16(20)15(11-14)19(25)23-9-4-5-13(12-23)18-22-21-17-6-2-3-10-24(17)18/h2-3,6-8,10-11,13H,4-5,9,12H2,1H3. The predicted octanol–water partition coefficient (Wildman–Crippen LogP) is 2.81. The summed E-state index contributed by atoms with van der Waals surface area (Å²) in [6, 6.07) is 9.94. The average molecular weight is 419 g/mol. The fourth-order valence-electron chi connectivity index (χ4n) is 3.58. The van der Waals surface area contributed by atoms with Crippen LogP contribution in [0.25, 0.3) is 5.65 Å². The summed E-state index contributed by atoms with van der Waals surface area (Å²) in [5.41, 5.74) is 0.973. The molecule has 1 fully saturated rings. The van der Waals surface area contributed by atoms with E-state index in [0.29, 0.717) is 13.1 Å². The first kappa shape index (κ1) is 18.9. The van der Waals surface area contributed by atoms with Crippen LogP contribution in [0.2, 0.25) is 5.02 Å². The van der Waals surface area contributed by atoms with E-state index in [1.165, 1.54) is 18.2 Å². The van der Waals surface area contributed by atoms with Crippen LogP contribution in [0.3, 0.4) is 0 Å². The van der Waals surface area contributed by atoms with E-state index in [0.717, 1.165) is 30.6 Å². The minimum absolute atomic E-state index is 0.0481. The molecule has 4 rings (SSSR count). The van der Waals surface area contributed by atoms with Crippen molar-refractivity contribution in [2.75, 3.05) is 19.3 Å². The highest BCUT2D eigenvalue weighted by Gasteiger charge is 2.29. The Labute approximate surface area is 167 Å². The first-order valence-corrected chi connectivity index (χ1v) is 11.2. The summed E-state index contributed by atoms with van der Waals surface area (Å²) in [4.78, 5) is 14.9. The second kappa shape index (κ2) is 7.18. The molecule has 2 aromatic heterocycles. The number of carbonyl (C=O) groups is 1. The number of rotatable bonds is 3. The van der Waals surface area contributed by atoms with E-state index in [2.05, 4.69) is 10.2 Å². The quantitative estimate of drug-likeness (QED) is 0.653. The topological polar surface area (TPSA) is 84.6 Å². The number of fused-ring (bicyclic) bond motifs is 1. The van der Waals surface area contributed by atoms with Gasteiger partial charge in [0.25, 0.3) is 5.91 Å². The van der Waals surface area contributed by atoms with Gasteiger partial charge in [0.1, 0.15) is 5.82 Å². The molecule has 1 amide bonds. The Kier molecular flexibility index (Phi) is 4.84. The van der Waals surface area contributed by atoms with Crippen molar-refractivity contribution in [1.82, 2.24) is 19.5 Å². The van der Waals surface area contributed by atoms with Gasteiger partial charge in [-0.15, -0.1) is 10.2 Å². The van der Waals surface area contributed by atoms with Crippen LogP contribution in [-0.4, -0.2) is 53.2 Å². The summed E-state index contributed by atoms with van der Waals surface area (Å²) in [7, 11) is -3.43. The molecule has 1 saturated heterocycles. The van der Waals surface area contributed by atoms with E-state index < -0.39 is 9.84 Å². The van der Waals surface area contributed by atoms with Gasteiger partial charge in [0.15, 0.2) is 15.5 Å². The number of halogens is 1. The van der Waals surface area contributed by atoms with Gasteiger partial charge >= 0.3 is 0 Å². The van der Waals surface area contributed by atoms with Crippen molar-refractivity contribution in [3.8, 4) is 0 Å². The zero-order valence-corrected chi connectivity index (χ0v) is 16.8. The lowest BCUT2D eigenvalue weighted by atomic mass is 9.96. The summed E-state index contributed by atoms with van der Waals surface area (Å²) in [6.45, 7) is 1.07. The highest BCUT2D eigenvalue weighted by molar-refractivity contribution is 7.90. The monoisotopic (exact) mass is 418 g/mol. The number of hydrogen-bond acceptors (Lipinski definition) is 5. The van der Waals surface area contributed by atoms with Crippen LogP contribution in [-0.2, 0) is 9.84 Å². The van der Waals surface area contributed by atoms with Crippen molar-refractivity contribution in [2.45, 2.75) is 23.7 Å². The maximum absolute atomic E-state index is 13.1. The molecule has 0 N–H and O–H groups in total. The third-order valence-corrected chi connectivity index (χ3v) is 6.45. The van der Waals surface area contributed by atoms with Crippen molar-refractivity contribution in [3.63, 3.8) is 0 Å². The van der Waals surface area contributed by atoms with Gasteiger partial charge in [-0.25, -0.2) is 8.42 Å². The smallest absolute Gasteiger partial charge is 0.255 e. The molecule has 0 spiro atoms. The van der Waals surface area contributed by atoms with E-state index in [1.807, 2.05) is 28.8 Å². The second-order valence-corrected chi connectivity index (χ2v) is 9.41. The number of piperidine rings is 1. The van der Waals surface area contributed by atoms with Crippen molar-refractivity contribution in [2.24, 2.45) is 0 Å². The molecule has 0 radical (unpaired) electrons. The first-order valence-electron chi connectivity index (χ1n) is 8.93. The minimum atomic E-state index is -3.43. The van der Waals surface area contributed by atoms with Gasteiger partial charge in [-0.1, -0.05) is 17.7 Å². The predicted molar refractivity (Wildman–Crippen MR) is 105 cm³/mol. The molecule has 1 aliphatic heterocycles. The number of hydrogen-bond donors (Lipinski definition) is 0. The molecule has 3 aromatic rings. The lowest BCUT2D eigenvalue weighted by molar-refractivity contribution is 0.0704. The molecule has 1 aromatic carbocycles. The van der Waals surface area contributed by atoms with Gasteiger partial charge in [-0.05, 0) is 43.2 Å². The lowest BCUT2D eigenvalue weighted by Crippen LogP contribution is -2.39. The number of amides is 1. The number of benzene rings is 1. The highest BCUT2D eigenvalue weighted by Crippen LogP contribution is 2.29. The van der Waals surface area contributed by atoms with Gasteiger partial charge in [-0.3, -0.25) is 9.20 Å². The fraction of sp³-hybridized carbons (Fsp3) is 0.316. The third kappa shape index (κ3) is 3.49. The van der Waals surface area contributed by atoms with Crippen LogP contribution in [0.15, 0.2) is 47.5 Å². The van der Waals surface area contributed by atoms with Gasteiger partial charge in [0.2, 0.25) is 0 Å². The summed E-state index contributed by atoms with van der Waals surface area (Å²) >= 11 is 6.21. The van der Waals surface area contributed by atoms with Crippen LogP contribution in [0, 0.1) is 0 Å². The van der Waals surface area contributed by atoms with Crippen molar-refractivity contribution >= 4 is 33.0 Å². The summed E-state index contributed by atoms with van der Waals surface area (Å²) in [5.74, 6) is 0.602. The second-order valence-electron chi connectivity index (χ2n) is 6.99. The normalized spacial score (nSPS) is 17.8. The fourth-order valence-corrected chi connectivity index (χ4v) is 4.43. The molecule has 0 bridgehead atoms. The van der Waals surface area contributed by atoms with Crippen LogP contribution >= 0.6 is 11.6 Å². The third-order valence-electron chi connectivity index (χ3n) is 5.01. The van der Waals surface area contributed by atoms with E-state index in [-0.39, 0.29) is 27.3 Å². The van der Waals surface area contributed by atoms with Crippen LogP contribution < -0.4 is 0 Å². The Hall–Kier alpha value is -2.45. The molecular weight excluding hydrogens is 400 g/mol. The molecule has 0 aliphatic carbocycles. The molecule has 1 unspecified atom stereocenters. The van der Waals surface area contributed by atoms with Crippen LogP contribution in [0.4, 0.5) is 0 Å². The van der Waals surface area contributed by atoms with Crippen LogP contribution in [0.1, 0.15) is 34.9 Å². The Morgan fingerprint density at radius 2 is 2.04 bits per heavy atom. The molecule has 7 nitrogen and oxygen atoms in total. The Bertz CT molecular complexity index is 1160. The summed E-state index contributed by atoms with van der Waals surface area (Å²) < 4.78 is 25.6. The number of carbonyl (C=O) groups excluding carboxylic acids is 1. The molecular formula is C19H19ClN4O3S. The molecule has 1 atom stereocenters. The van der Waals surface area contributed by atoms with E-state index in [9.17, 15) is 13.2 Å². The number of aromatic nitrogens is 3. The Balaban J connectivity index is 1.62. The minimum Gasteiger partial charge on any atom is -0.338 e. The Morgan fingerprint density at radius 1 is 1.21 bits per heavy atom. The van der Waals surface area contributed by atoms with E-state index in [4.69, 9.17) is 11.6 Å². The lowest BCUT2D eigenvalue weighted by Gasteiger charge is -2.32. The number of pyridine rings is 1. The maximum Gasteiger partial charge on any atom is 0.255 e. The molecule has 1 aliphatic rings. The summed E-state index contributed by atoms with van der Waals surface area (Å²) in [6.07, 6.45) is 4.74. The Morgan fingerprint density at radius 3 is 2.82 bits per heavy atom. The average Bonchev–Trinajstić information content (AvgIpc) is 3.11. The number of likely N-dealkylation sites (tertiary alicyclic amines) is 1. The van der Waals surface area contributed by atoms with Crippen molar-refractivity contribution < 1.29 is 13.2 Å². The van der Waals surface area contributed by atoms with Crippen LogP contribution in [0.5, 0.6) is 0 Å². The van der Waals surface area contributed by atoms with Gasteiger partial charge in [-0.2, -0.15) is 0 Å². The van der Waals surface area contributed by atoms with Crippen molar-refractivity contribution in [3.05, 3.63) is 59.0 Å². The van der Waals surface area contributed by atoms with Gasteiger partial charge < -0.3 is 4.90 Å². The van der Waals surface area contributed by atoms with Crippen molar-refractivity contribution in [1.29, 1.82) is 0 Å². The number of nitrogens with zero attached hydrogens (tertiary/aromatic N) is 4. The maximum atomic E-state index is 13.1. The van der Waals surface area contributed by atoms with E-state index >= 15 is 0 Å².